The number of halogens is 1. The summed E-state index contributed by atoms with van der Waals surface area (Å²) in [5.74, 6) is 1.24. The Balaban J connectivity index is 1.76. The van der Waals surface area contributed by atoms with Gasteiger partial charge in [0.2, 0.25) is 0 Å². The van der Waals surface area contributed by atoms with Crippen molar-refractivity contribution in [3.05, 3.63) is 0 Å². The van der Waals surface area contributed by atoms with E-state index in [9.17, 15) is 4.39 Å². The second kappa shape index (κ2) is 5.46. The van der Waals surface area contributed by atoms with Crippen LogP contribution in [0.3, 0.4) is 0 Å². The molecular weight excluding hydrogens is 205 g/mol. The van der Waals surface area contributed by atoms with Crippen molar-refractivity contribution < 1.29 is 9.13 Å². The highest BCUT2D eigenvalue weighted by atomic mass is 19.1. The predicted molar refractivity (Wildman–Crippen MR) is 63.3 cm³/mol. The Morgan fingerprint density at radius 1 is 1.25 bits per heavy atom. The molecule has 0 N–H and O–H groups in total. The minimum atomic E-state index is -0.743. The first-order chi connectivity index (χ1) is 7.65. The lowest BCUT2D eigenvalue weighted by Crippen LogP contribution is -2.45. The van der Waals surface area contributed by atoms with Gasteiger partial charge in [0, 0.05) is 6.54 Å². The Morgan fingerprint density at radius 2 is 1.94 bits per heavy atom. The van der Waals surface area contributed by atoms with Crippen molar-refractivity contribution in [3.63, 3.8) is 0 Å². The summed E-state index contributed by atoms with van der Waals surface area (Å²) >= 11 is 0. The molecule has 2 aliphatic rings. The molecule has 0 aromatic carbocycles. The van der Waals surface area contributed by atoms with Gasteiger partial charge in [-0.05, 0) is 44.2 Å². The van der Waals surface area contributed by atoms with E-state index < -0.39 is 6.17 Å². The standard InChI is InChI=1S/C13H24FNO/c1-10-3-5-15(6-4-10)8-13-11(2)7-12(14)9-16-13/h10-13H,3-9H2,1-2H3/t11-,12-,13-/m1/s1. The Hall–Kier alpha value is -0.150. The molecular formula is C13H24FNO. The highest BCUT2D eigenvalue weighted by Crippen LogP contribution is 2.25. The molecule has 0 aliphatic carbocycles. The van der Waals surface area contributed by atoms with Crippen LogP contribution in [0.15, 0.2) is 0 Å². The molecule has 2 rings (SSSR count). The molecule has 0 spiro atoms. The van der Waals surface area contributed by atoms with Crippen molar-refractivity contribution in [2.45, 2.75) is 45.4 Å². The number of alkyl halides is 1. The first-order valence-electron chi connectivity index (χ1n) is 6.63. The second-order valence-electron chi connectivity index (χ2n) is 5.67. The lowest BCUT2D eigenvalue weighted by atomic mass is 9.93. The summed E-state index contributed by atoms with van der Waals surface area (Å²) < 4.78 is 18.7. The monoisotopic (exact) mass is 229 g/mol. The van der Waals surface area contributed by atoms with Gasteiger partial charge in [-0.15, -0.1) is 0 Å². The van der Waals surface area contributed by atoms with Crippen LogP contribution in [-0.2, 0) is 4.74 Å². The van der Waals surface area contributed by atoms with E-state index in [-0.39, 0.29) is 6.10 Å². The van der Waals surface area contributed by atoms with Crippen LogP contribution in [0, 0.1) is 11.8 Å². The van der Waals surface area contributed by atoms with E-state index in [0.29, 0.717) is 18.9 Å². The number of hydrogen-bond donors (Lipinski definition) is 0. The number of nitrogens with zero attached hydrogens (tertiary/aromatic N) is 1. The molecule has 2 nitrogen and oxygen atoms in total. The van der Waals surface area contributed by atoms with Gasteiger partial charge in [0.05, 0.1) is 12.7 Å². The minimum Gasteiger partial charge on any atom is -0.374 e. The molecule has 94 valence electrons. The van der Waals surface area contributed by atoms with Crippen molar-refractivity contribution in [1.82, 2.24) is 4.90 Å². The van der Waals surface area contributed by atoms with Crippen molar-refractivity contribution in [1.29, 1.82) is 0 Å². The van der Waals surface area contributed by atoms with Gasteiger partial charge in [-0.1, -0.05) is 13.8 Å². The fraction of sp³-hybridized carbons (Fsp3) is 1.00. The normalized spacial score (nSPS) is 38.8. The summed E-state index contributed by atoms with van der Waals surface area (Å²) in [5.41, 5.74) is 0. The van der Waals surface area contributed by atoms with Gasteiger partial charge in [-0.25, -0.2) is 4.39 Å². The average Bonchev–Trinajstić information content (AvgIpc) is 2.25. The van der Waals surface area contributed by atoms with Crippen LogP contribution in [0.4, 0.5) is 4.39 Å². The van der Waals surface area contributed by atoms with Crippen molar-refractivity contribution in [3.8, 4) is 0 Å². The molecule has 0 unspecified atom stereocenters. The molecule has 2 heterocycles. The highest BCUT2D eigenvalue weighted by molar-refractivity contribution is 4.80. The largest absolute Gasteiger partial charge is 0.374 e. The molecule has 0 amide bonds. The summed E-state index contributed by atoms with van der Waals surface area (Å²) in [6.07, 6.45) is 2.78. The zero-order valence-electron chi connectivity index (χ0n) is 10.5. The first-order valence-corrected chi connectivity index (χ1v) is 6.63. The van der Waals surface area contributed by atoms with Gasteiger partial charge < -0.3 is 9.64 Å². The molecule has 2 saturated heterocycles. The Kier molecular flexibility index (Phi) is 4.20. The molecule has 3 heteroatoms. The maximum atomic E-state index is 13.1. The molecule has 16 heavy (non-hydrogen) atoms. The number of piperidine rings is 1. The Bertz CT molecular complexity index is 216. The van der Waals surface area contributed by atoms with E-state index in [0.717, 1.165) is 12.5 Å². The number of hydrogen-bond acceptors (Lipinski definition) is 2. The Labute approximate surface area is 98.1 Å². The van der Waals surface area contributed by atoms with Crippen molar-refractivity contribution >= 4 is 0 Å². The summed E-state index contributed by atoms with van der Waals surface area (Å²) in [4.78, 5) is 2.49. The summed E-state index contributed by atoms with van der Waals surface area (Å²) in [6.45, 7) is 8.12. The fourth-order valence-electron chi connectivity index (χ4n) is 2.75. The molecule has 3 atom stereocenters. The van der Waals surface area contributed by atoms with E-state index in [2.05, 4.69) is 18.7 Å². The average molecular weight is 229 g/mol. The van der Waals surface area contributed by atoms with Crippen LogP contribution in [0.2, 0.25) is 0 Å². The molecule has 0 saturated carbocycles. The van der Waals surface area contributed by atoms with Gasteiger partial charge in [-0.2, -0.15) is 0 Å². The Morgan fingerprint density at radius 3 is 2.56 bits per heavy atom. The maximum Gasteiger partial charge on any atom is 0.124 e. The highest BCUT2D eigenvalue weighted by Gasteiger charge is 2.30. The van der Waals surface area contributed by atoms with Gasteiger partial charge in [0.25, 0.3) is 0 Å². The third-order valence-corrected chi connectivity index (χ3v) is 4.07. The predicted octanol–water partition coefficient (Wildman–Crippen LogP) is 2.48. The number of ether oxygens (including phenoxy) is 1. The molecule has 0 radical (unpaired) electrons. The van der Waals surface area contributed by atoms with Gasteiger partial charge in [0.15, 0.2) is 0 Å². The van der Waals surface area contributed by atoms with Crippen LogP contribution < -0.4 is 0 Å². The van der Waals surface area contributed by atoms with Gasteiger partial charge >= 0.3 is 0 Å². The zero-order chi connectivity index (χ0) is 11.5. The smallest absolute Gasteiger partial charge is 0.124 e. The molecule has 2 fully saturated rings. The van der Waals surface area contributed by atoms with E-state index >= 15 is 0 Å². The van der Waals surface area contributed by atoms with Gasteiger partial charge in [0.1, 0.15) is 6.17 Å². The number of likely N-dealkylation sites (tertiary alicyclic amines) is 1. The topological polar surface area (TPSA) is 12.5 Å². The van der Waals surface area contributed by atoms with Crippen LogP contribution in [-0.4, -0.2) is 43.4 Å². The van der Waals surface area contributed by atoms with E-state index in [4.69, 9.17) is 4.74 Å². The third-order valence-electron chi connectivity index (χ3n) is 4.07. The maximum absolute atomic E-state index is 13.1. The minimum absolute atomic E-state index is 0.250. The zero-order valence-corrected chi connectivity index (χ0v) is 10.5. The third kappa shape index (κ3) is 3.17. The van der Waals surface area contributed by atoms with Crippen LogP contribution >= 0.6 is 0 Å². The van der Waals surface area contributed by atoms with E-state index in [1.807, 2.05) is 0 Å². The molecule has 0 bridgehead atoms. The SMILES string of the molecule is CC1CCN(C[C@H]2OC[C@H](F)C[C@H]2C)CC1. The van der Waals surface area contributed by atoms with Crippen LogP contribution in [0.1, 0.15) is 33.1 Å². The molecule has 2 aliphatic heterocycles. The second-order valence-corrected chi connectivity index (χ2v) is 5.67. The first kappa shape index (κ1) is 12.3. The lowest BCUT2D eigenvalue weighted by Gasteiger charge is -2.37. The van der Waals surface area contributed by atoms with Crippen LogP contribution in [0.5, 0.6) is 0 Å². The van der Waals surface area contributed by atoms with Gasteiger partial charge in [-0.3, -0.25) is 0 Å². The lowest BCUT2D eigenvalue weighted by molar-refractivity contribution is -0.0746. The molecule has 0 aromatic rings. The van der Waals surface area contributed by atoms with Crippen LogP contribution in [0.25, 0.3) is 0 Å². The quantitative estimate of drug-likeness (QED) is 0.721. The summed E-state index contributed by atoms with van der Waals surface area (Å²) in [7, 11) is 0. The summed E-state index contributed by atoms with van der Waals surface area (Å²) in [6, 6.07) is 0. The van der Waals surface area contributed by atoms with Crippen molar-refractivity contribution in [2.75, 3.05) is 26.2 Å². The van der Waals surface area contributed by atoms with E-state index in [1.165, 1.54) is 25.9 Å². The fourth-order valence-corrected chi connectivity index (χ4v) is 2.75. The number of rotatable bonds is 2. The van der Waals surface area contributed by atoms with E-state index in [1.54, 1.807) is 0 Å². The van der Waals surface area contributed by atoms with Crippen molar-refractivity contribution in [2.24, 2.45) is 11.8 Å². The molecule has 0 aromatic heterocycles. The summed E-state index contributed by atoms with van der Waals surface area (Å²) in [5, 5.41) is 0.